The predicted molar refractivity (Wildman–Crippen MR) is 125 cm³/mol. The van der Waals surface area contributed by atoms with E-state index in [0.29, 0.717) is 27.7 Å². The van der Waals surface area contributed by atoms with Crippen LogP contribution in [0.1, 0.15) is 11.1 Å². The first-order valence-electron chi connectivity index (χ1n) is 10.2. The van der Waals surface area contributed by atoms with Gasteiger partial charge in [0.15, 0.2) is 9.84 Å². The SMILES string of the molecule is COc1ccc(N2C(=O)CS(=O)(=O)[C@]23C(=O)N(Cc2ccccc2Cl)c2ccccc23)cc1. The number of rotatable bonds is 4. The average Bonchev–Trinajstić information content (AvgIpc) is 3.18. The van der Waals surface area contributed by atoms with Gasteiger partial charge >= 0.3 is 0 Å². The molecule has 1 atom stereocenters. The van der Waals surface area contributed by atoms with Gasteiger partial charge in [0.05, 0.1) is 19.3 Å². The minimum Gasteiger partial charge on any atom is -0.497 e. The zero-order valence-electron chi connectivity index (χ0n) is 17.6. The Balaban J connectivity index is 1.72. The Bertz CT molecular complexity index is 1390. The van der Waals surface area contributed by atoms with Crippen LogP contribution in [0.4, 0.5) is 11.4 Å². The van der Waals surface area contributed by atoms with Crippen molar-refractivity contribution in [3.05, 3.63) is 88.9 Å². The van der Waals surface area contributed by atoms with E-state index in [1.807, 2.05) is 0 Å². The summed E-state index contributed by atoms with van der Waals surface area (Å²) in [6.45, 7) is 0.0669. The topological polar surface area (TPSA) is 84.0 Å². The largest absolute Gasteiger partial charge is 0.497 e. The number of ether oxygens (including phenoxy) is 1. The summed E-state index contributed by atoms with van der Waals surface area (Å²) in [7, 11) is -2.72. The molecule has 0 aromatic heterocycles. The summed E-state index contributed by atoms with van der Waals surface area (Å²) < 4.78 is 32.3. The van der Waals surface area contributed by atoms with Gasteiger partial charge in [-0.25, -0.2) is 8.42 Å². The van der Waals surface area contributed by atoms with Gasteiger partial charge in [0.2, 0.25) is 5.91 Å². The van der Waals surface area contributed by atoms with Crippen molar-refractivity contribution in [1.82, 2.24) is 0 Å². The van der Waals surface area contributed by atoms with Gasteiger partial charge in [0, 0.05) is 16.3 Å². The lowest BCUT2D eigenvalue weighted by molar-refractivity contribution is -0.123. The number of methoxy groups -OCH3 is 1. The number of fused-ring (bicyclic) bond motifs is 2. The van der Waals surface area contributed by atoms with Gasteiger partial charge in [-0.1, -0.05) is 48.0 Å². The molecule has 9 heteroatoms. The summed E-state index contributed by atoms with van der Waals surface area (Å²) in [5.74, 6) is -1.59. The second-order valence-corrected chi connectivity index (χ2v) is 10.3. The molecule has 2 amide bonds. The molecule has 2 aliphatic heterocycles. The number of nitrogens with zero attached hydrogens (tertiary/aromatic N) is 2. The second-order valence-electron chi connectivity index (χ2n) is 7.83. The molecule has 5 rings (SSSR count). The molecule has 3 aromatic rings. The minimum atomic E-state index is -4.23. The first kappa shape index (κ1) is 21.5. The average molecular weight is 483 g/mol. The zero-order chi connectivity index (χ0) is 23.4. The number of amides is 2. The Kier molecular flexibility index (Phi) is 4.95. The third kappa shape index (κ3) is 2.98. The van der Waals surface area contributed by atoms with Crippen LogP contribution >= 0.6 is 11.6 Å². The maximum Gasteiger partial charge on any atom is 0.274 e. The highest BCUT2D eigenvalue weighted by molar-refractivity contribution is 7.94. The monoisotopic (exact) mass is 482 g/mol. The number of para-hydroxylation sites is 1. The Morgan fingerprint density at radius 3 is 2.33 bits per heavy atom. The van der Waals surface area contributed by atoms with Crippen molar-refractivity contribution >= 4 is 44.6 Å². The van der Waals surface area contributed by atoms with E-state index in [2.05, 4.69) is 0 Å². The number of hydrogen-bond donors (Lipinski definition) is 0. The molecule has 3 aromatic carbocycles. The van der Waals surface area contributed by atoms with E-state index in [0.717, 1.165) is 4.90 Å². The molecular formula is C24H19ClN2O5S. The van der Waals surface area contributed by atoms with Crippen LogP contribution in [0.5, 0.6) is 5.75 Å². The zero-order valence-corrected chi connectivity index (χ0v) is 19.1. The fraction of sp³-hybridized carbons (Fsp3) is 0.167. The van der Waals surface area contributed by atoms with E-state index >= 15 is 0 Å². The van der Waals surface area contributed by atoms with Crippen molar-refractivity contribution < 1.29 is 22.7 Å². The summed E-state index contributed by atoms with van der Waals surface area (Å²) in [4.78, 5) is 27.5. The fourth-order valence-electron chi connectivity index (χ4n) is 4.58. The third-order valence-electron chi connectivity index (χ3n) is 6.04. The van der Waals surface area contributed by atoms with Crippen molar-refractivity contribution in [1.29, 1.82) is 0 Å². The number of anilines is 2. The molecule has 0 aliphatic carbocycles. The molecule has 7 nitrogen and oxygen atoms in total. The molecule has 1 spiro atoms. The first-order valence-corrected chi connectivity index (χ1v) is 12.2. The molecule has 2 aliphatic rings. The van der Waals surface area contributed by atoms with Crippen molar-refractivity contribution in [3.8, 4) is 5.75 Å². The molecule has 168 valence electrons. The number of carbonyl (C=O) groups excluding carboxylic acids is 2. The third-order valence-corrected chi connectivity index (χ3v) is 8.51. The summed E-state index contributed by atoms with van der Waals surface area (Å²) >= 11 is 6.33. The molecule has 0 saturated carbocycles. The molecule has 33 heavy (non-hydrogen) atoms. The van der Waals surface area contributed by atoms with Crippen molar-refractivity contribution in [2.45, 2.75) is 11.4 Å². The number of benzene rings is 3. The van der Waals surface area contributed by atoms with Gasteiger partial charge in [0.25, 0.3) is 10.8 Å². The fourth-order valence-corrected chi connectivity index (χ4v) is 6.80. The van der Waals surface area contributed by atoms with Gasteiger partial charge in [-0.2, -0.15) is 0 Å². The lowest BCUT2D eigenvalue weighted by atomic mass is 10.0. The molecule has 0 N–H and O–H groups in total. The normalized spacial score (nSPS) is 21.0. The van der Waals surface area contributed by atoms with Gasteiger partial charge in [-0.3, -0.25) is 14.5 Å². The molecular weight excluding hydrogens is 464 g/mol. The van der Waals surface area contributed by atoms with Crippen LogP contribution < -0.4 is 14.5 Å². The van der Waals surface area contributed by atoms with E-state index in [1.165, 1.54) is 12.0 Å². The quantitative estimate of drug-likeness (QED) is 0.568. The molecule has 0 radical (unpaired) electrons. The first-order chi connectivity index (χ1) is 15.8. The van der Waals surface area contributed by atoms with Crippen LogP contribution in [-0.2, 0) is 30.8 Å². The van der Waals surface area contributed by atoms with E-state index in [4.69, 9.17) is 16.3 Å². The highest BCUT2D eigenvalue weighted by atomic mass is 35.5. The smallest absolute Gasteiger partial charge is 0.274 e. The lowest BCUT2D eigenvalue weighted by Gasteiger charge is -2.32. The molecule has 2 heterocycles. The van der Waals surface area contributed by atoms with Crippen molar-refractivity contribution in [2.24, 2.45) is 0 Å². The summed E-state index contributed by atoms with van der Waals surface area (Å²) in [5, 5.41) is 0.459. The molecule has 0 bridgehead atoms. The summed E-state index contributed by atoms with van der Waals surface area (Å²) in [5.41, 5.74) is 1.64. The highest BCUT2D eigenvalue weighted by Gasteiger charge is 2.69. The van der Waals surface area contributed by atoms with E-state index in [-0.39, 0.29) is 12.1 Å². The Labute approximate surface area is 196 Å². The maximum atomic E-state index is 14.1. The maximum absolute atomic E-state index is 14.1. The molecule has 1 fully saturated rings. The van der Waals surface area contributed by atoms with Crippen LogP contribution in [0.3, 0.4) is 0 Å². The van der Waals surface area contributed by atoms with E-state index in [1.54, 1.807) is 72.8 Å². The predicted octanol–water partition coefficient (Wildman–Crippen LogP) is 3.51. The van der Waals surface area contributed by atoms with Crippen LogP contribution in [0.25, 0.3) is 0 Å². The van der Waals surface area contributed by atoms with Gasteiger partial charge in [-0.15, -0.1) is 0 Å². The number of carbonyl (C=O) groups is 2. The van der Waals surface area contributed by atoms with E-state index in [9.17, 15) is 18.0 Å². The standard InChI is InChI=1S/C24H19ClN2O5S/c1-32-18-12-10-17(11-13-18)27-22(28)15-33(30,31)24(27)19-7-3-5-9-21(19)26(23(24)29)14-16-6-2-4-8-20(16)25/h2-13H,14-15H2,1H3/t24-/m1/s1. The van der Waals surface area contributed by atoms with Gasteiger partial charge in [-0.05, 0) is 42.0 Å². The number of sulfone groups is 1. The Hall–Kier alpha value is -3.36. The summed E-state index contributed by atoms with van der Waals surface area (Å²) in [6, 6.07) is 20.1. The van der Waals surface area contributed by atoms with Crippen molar-refractivity contribution in [3.63, 3.8) is 0 Å². The molecule has 0 unspecified atom stereocenters. The molecule has 1 saturated heterocycles. The van der Waals surface area contributed by atoms with Crippen LogP contribution in [0.2, 0.25) is 5.02 Å². The van der Waals surface area contributed by atoms with Gasteiger partial charge in [0.1, 0.15) is 11.5 Å². The van der Waals surface area contributed by atoms with Crippen LogP contribution in [0, 0.1) is 0 Å². The number of halogens is 1. The number of hydrogen-bond acceptors (Lipinski definition) is 5. The summed E-state index contributed by atoms with van der Waals surface area (Å²) in [6.07, 6.45) is 0. The minimum absolute atomic E-state index is 0.0669. The lowest BCUT2D eigenvalue weighted by Crippen LogP contribution is -2.54. The Morgan fingerprint density at radius 2 is 1.64 bits per heavy atom. The van der Waals surface area contributed by atoms with Crippen LogP contribution in [-0.4, -0.2) is 33.1 Å². The van der Waals surface area contributed by atoms with Gasteiger partial charge < -0.3 is 9.64 Å². The van der Waals surface area contributed by atoms with Crippen molar-refractivity contribution in [2.75, 3.05) is 22.7 Å². The second kappa shape index (κ2) is 7.60. The highest BCUT2D eigenvalue weighted by Crippen LogP contribution is 2.53. The Morgan fingerprint density at radius 1 is 0.970 bits per heavy atom. The van der Waals surface area contributed by atoms with E-state index < -0.39 is 32.3 Å². The van der Waals surface area contributed by atoms with Crippen LogP contribution in [0.15, 0.2) is 72.8 Å².